The molecule has 2 rings (SSSR count). The predicted molar refractivity (Wildman–Crippen MR) is 91.8 cm³/mol. The molecule has 0 radical (unpaired) electrons. The number of nitrogens with zero attached hydrogens (tertiary/aromatic N) is 1. The van der Waals surface area contributed by atoms with E-state index in [1.165, 1.54) is 0 Å². The molecule has 1 aliphatic heterocycles. The summed E-state index contributed by atoms with van der Waals surface area (Å²) >= 11 is 0. The highest BCUT2D eigenvalue weighted by atomic mass is 16.5. The summed E-state index contributed by atoms with van der Waals surface area (Å²) in [5, 5.41) is 2.99. The van der Waals surface area contributed by atoms with Gasteiger partial charge in [0, 0.05) is 12.6 Å². The maximum absolute atomic E-state index is 11.9. The number of nitrogens with one attached hydrogen (secondary N) is 1. The predicted octanol–water partition coefficient (Wildman–Crippen LogP) is 2.17. The third-order valence-electron chi connectivity index (χ3n) is 4.24. The second kappa shape index (κ2) is 8.58. The molecule has 126 valence electrons. The van der Waals surface area contributed by atoms with Gasteiger partial charge in [0.2, 0.25) is 5.91 Å². The molecular weight excluding hydrogens is 292 g/mol. The van der Waals surface area contributed by atoms with E-state index in [4.69, 9.17) is 9.47 Å². The number of carbonyl (C=O) groups is 1. The van der Waals surface area contributed by atoms with Crippen molar-refractivity contribution in [1.29, 1.82) is 0 Å². The lowest BCUT2D eigenvalue weighted by Gasteiger charge is -2.28. The van der Waals surface area contributed by atoms with Gasteiger partial charge in [-0.3, -0.25) is 4.79 Å². The van der Waals surface area contributed by atoms with E-state index in [1.807, 2.05) is 18.2 Å². The molecule has 0 unspecified atom stereocenters. The van der Waals surface area contributed by atoms with Crippen molar-refractivity contribution in [3.05, 3.63) is 29.8 Å². The molecule has 0 aliphatic carbocycles. The summed E-state index contributed by atoms with van der Waals surface area (Å²) < 4.78 is 10.5. The number of benzene rings is 1. The normalized spacial score (nSPS) is 16.5. The molecule has 5 heteroatoms. The fourth-order valence-electron chi connectivity index (χ4n) is 2.70. The van der Waals surface area contributed by atoms with Crippen LogP contribution in [0.25, 0.3) is 6.08 Å². The topological polar surface area (TPSA) is 50.8 Å². The van der Waals surface area contributed by atoms with Gasteiger partial charge < -0.3 is 19.7 Å². The van der Waals surface area contributed by atoms with Crippen LogP contribution in [0.4, 0.5) is 0 Å². The van der Waals surface area contributed by atoms with Crippen LogP contribution in [0.2, 0.25) is 0 Å². The molecule has 1 aromatic carbocycles. The summed E-state index contributed by atoms with van der Waals surface area (Å²) in [6, 6.07) is 5.57. The van der Waals surface area contributed by atoms with Crippen molar-refractivity contribution in [3.8, 4) is 11.5 Å². The summed E-state index contributed by atoms with van der Waals surface area (Å²) in [5.41, 5.74) is 0.900. The number of rotatable bonds is 6. The second-order valence-corrected chi connectivity index (χ2v) is 5.94. The largest absolute Gasteiger partial charge is 0.493 e. The molecule has 1 amide bonds. The lowest BCUT2D eigenvalue weighted by Crippen LogP contribution is -2.36. The summed E-state index contributed by atoms with van der Waals surface area (Å²) in [6.45, 7) is 2.98. The van der Waals surface area contributed by atoms with Crippen LogP contribution < -0.4 is 14.8 Å². The van der Waals surface area contributed by atoms with Crippen LogP contribution in [0.5, 0.6) is 11.5 Å². The average molecular weight is 318 g/mol. The number of ether oxygens (including phenoxy) is 2. The van der Waals surface area contributed by atoms with Crippen LogP contribution in [0.15, 0.2) is 24.3 Å². The molecule has 1 aromatic rings. The van der Waals surface area contributed by atoms with Crippen molar-refractivity contribution in [1.82, 2.24) is 10.2 Å². The van der Waals surface area contributed by atoms with Crippen LogP contribution >= 0.6 is 0 Å². The molecule has 5 nitrogen and oxygen atoms in total. The molecule has 1 saturated heterocycles. The summed E-state index contributed by atoms with van der Waals surface area (Å²) in [6.07, 6.45) is 5.65. The molecule has 1 N–H and O–H groups in total. The van der Waals surface area contributed by atoms with Gasteiger partial charge in [0.1, 0.15) is 0 Å². The van der Waals surface area contributed by atoms with Gasteiger partial charge in [-0.2, -0.15) is 0 Å². The Balaban J connectivity index is 1.83. The van der Waals surface area contributed by atoms with E-state index in [2.05, 4.69) is 17.3 Å². The molecule has 1 aliphatic rings. The zero-order valence-electron chi connectivity index (χ0n) is 14.2. The Morgan fingerprint density at radius 1 is 1.26 bits per heavy atom. The van der Waals surface area contributed by atoms with Gasteiger partial charge >= 0.3 is 0 Å². The van der Waals surface area contributed by atoms with E-state index in [1.54, 1.807) is 26.4 Å². The number of methoxy groups -OCH3 is 2. The van der Waals surface area contributed by atoms with Crippen LogP contribution in [0.3, 0.4) is 0 Å². The fourth-order valence-corrected chi connectivity index (χ4v) is 2.70. The highest BCUT2D eigenvalue weighted by molar-refractivity contribution is 5.91. The lowest BCUT2D eigenvalue weighted by molar-refractivity contribution is -0.116. The maximum Gasteiger partial charge on any atom is 0.244 e. The van der Waals surface area contributed by atoms with Crippen molar-refractivity contribution in [2.24, 2.45) is 5.92 Å². The van der Waals surface area contributed by atoms with E-state index in [-0.39, 0.29) is 5.91 Å². The van der Waals surface area contributed by atoms with Gasteiger partial charge in [0.05, 0.1) is 14.2 Å². The molecule has 23 heavy (non-hydrogen) atoms. The minimum atomic E-state index is -0.0567. The van der Waals surface area contributed by atoms with Gasteiger partial charge in [-0.1, -0.05) is 6.07 Å². The zero-order valence-corrected chi connectivity index (χ0v) is 14.2. The third kappa shape index (κ3) is 5.28. The van der Waals surface area contributed by atoms with E-state index < -0.39 is 0 Å². The number of piperidine rings is 1. The Kier molecular flexibility index (Phi) is 6.47. The smallest absolute Gasteiger partial charge is 0.244 e. The molecule has 0 atom stereocenters. The van der Waals surface area contributed by atoms with Crippen LogP contribution in [-0.4, -0.2) is 51.7 Å². The summed E-state index contributed by atoms with van der Waals surface area (Å²) in [4.78, 5) is 14.3. The Labute approximate surface area is 138 Å². The Hall–Kier alpha value is -2.01. The Morgan fingerprint density at radius 3 is 2.61 bits per heavy atom. The number of carbonyl (C=O) groups excluding carboxylic acids is 1. The quantitative estimate of drug-likeness (QED) is 0.817. The first-order valence-corrected chi connectivity index (χ1v) is 7.99. The highest BCUT2D eigenvalue weighted by Crippen LogP contribution is 2.27. The molecular formula is C18H26N2O3. The molecule has 1 fully saturated rings. The molecule has 1 heterocycles. The first kappa shape index (κ1) is 17.3. The minimum Gasteiger partial charge on any atom is -0.493 e. The van der Waals surface area contributed by atoms with Gasteiger partial charge in [0.15, 0.2) is 11.5 Å². The first-order valence-electron chi connectivity index (χ1n) is 7.99. The molecule has 0 saturated carbocycles. The summed E-state index contributed by atoms with van der Waals surface area (Å²) in [7, 11) is 5.34. The van der Waals surface area contributed by atoms with Crippen molar-refractivity contribution in [2.75, 3.05) is 40.9 Å². The highest BCUT2D eigenvalue weighted by Gasteiger charge is 2.16. The average Bonchev–Trinajstić information content (AvgIpc) is 2.59. The van der Waals surface area contributed by atoms with Crippen LogP contribution in [0.1, 0.15) is 18.4 Å². The van der Waals surface area contributed by atoms with E-state index in [0.29, 0.717) is 17.4 Å². The summed E-state index contributed by atoms with van der Waals surface area (Å²) in [5.74, 6) is 1.86. The monoisotopic (exact) mass is 318 g/mol. The second-order valence-electron chi connectivity index (χ2n) is 5.94. The lowest BCUT2D eigenvalue weighted by atomic mass is 9.97. The van der Waals surface area contributed by atoms with Gasteiger partial charge in [-0.15, -0.1) is 0 Å². The van der Waals surface area contributed by atoms with E-state index in [0.717, 1.165) is 38.0 Å². The first-order chi connectivity index (χ1) is 11.1. The van der Waals surface area contributed by atoms with Crippen LogP contribution in [-0.2, 0) is 4.79 Å². The van der Waals surface area contributed by atoms with Crippen LogP contribution in [0, 0.1) is 5.92 Å². The number of likely N-dealkylation sites (tertiary alicyclic amines) is 1. The Morgan fingerprint density at radius 2 is 1.96 bits per heavy atom. The number of hydrogen-bond acceptors (Lipinski definition) is 4. The van der Waals surface area contributed by atoms with Gasteiger partial charge in [0.25, 0.3) is 0 Å². The number of amides is 1. The van der Waals surface area contributed by atoms with E-state index in [9.17, 15) is 4.79 Å². The van der Waals surface area contributed by atoms with Crippen molar-refractivity contribution < 1.29 is 14.3 Å². The molecule has 0 spiro atoms. The van der Waals surface area contributed by atoms with Gasteiger partial charge in [-0.25, -0.2) is 0 Å². The van der Waals surface area contributed by atoms with Crippen molar-refractivity contribution >= 4 is 12.0 Å². The molecule has 0 aromatic heterocycles. The fraction of sp³-hybridized carbons (Fsp3) is 0.500. The zero-order chi connectivity index (χ0) is 16.7. The van der Waals surface area contributed by atoms with Gasteiger partial charge in [-0.05, 0) is 62.7 Å². The standard InChI is InChI=1S/C18H26N2O3/c1-20-10-8-15(9-11-20)13-19-18(21)7-5-14-4-6-16(22-2)17(12-14)23-3/h4-7,12,15H,8-11,13H2,1-3H3,(H,19,21)/b7-5+. The minimum absolute atomic E-state index is 0.0567. The maximum atomic E-state index is 11.9. The SMILES string of the molecule is COc1ccc(/C=C/C(=O)NCC2CCN(C)CC2)cc1OC. The third-order valence-corrected chi connectivity index (χ3v) is 4.24. The van der Waals surface area contributed by atoms with Crippen molar-refractivity contribution in [3.63, 3.8) is 0 Å². The van der Waals surface area contributed by atoms with Crippen molar-refractivity contribution in [2.45, 2.75) is 12.8 Å². The van der Waals surface area contributed by atoms with E-state index >= 15 is 0 Å². The number of hydrogen-bond donors (Lipinski definition) is 1. The molecule has 0 bridgehead atoms. The Bertz CT molecular complexity index is 549.